The van der Waals surface area contributed by atoms with Crippen molar-refractivity contribution in [3.8, 4) is 0 Å². The molecule has 0 aliphatic carbocycles. The number of nitrogens with zero attached hydrogens (tertiary/aromatic N) is 2. The Morgan fingerprint density at radius 1 is 1.33 bits per heavy atom. The molecule has 3 rings (SSSR count). The molecule has 1 unspecified atom stereocenters. The third kappa shape index (κ3) is 4.14. The van der Waals surface area contributed by atoms with Gasteiger partial charge in [-0.15, -0.1) is 0 Å². The molecule has 1 atom stereocenters. The van der Waals surface area contributed by atoms with Gasteiger partial charge in [-0.3, -0.25) is 4.79 Å². The number of amides is 1. The van der Waals surface area contributed by atoms with Gasteiger partial charge in [0.1, 0.15) is 11.4 Å². The van der Waals surface area contributed by atoms with Crippen molar-refractivity contribution < 1.29 is 21.6 Å². The molecule has 0 bridgehead atoms. The standard InChI is InChI=1S/C16H20N4O5S2/c1-26(22,23)16-13(15(21)18-9-11-5-3-2-4-6-11)14(17)20(19-16)12-7-8-27(24,25)10-12/h2-6,12H,7-10,17H2,1H3,(H,18,21). The fraction of sp³-hybridized carbons (Fsp3) is 0.375. The number of benzene rings is 1. The van der Waals surface area contributed by atoms with Gasteiger partial charge in [-0.05, 0) is 12.0 Å². The first-order valence-electron chi connectivity index (χ1n) is 8.19. The number of sulfone groups is 2. The smallest absolute Gasteiger partial charge is 0.258 e. The van der Waals surface area contributed by atoms with Crippen molar-refractivity contribution in [2.24, 2.45) is 0 Å². The minimum absolute atomic E-state index is 0.0271. The summed E-state index contributed by atoms with van der Waals surface area (Å²) in [6.07, 6.45) is 1.20. The minimum atomic E-state index is -3.84. The molecule has 0 saturated carbocycles. The van der Waals surface area contributed by atoms with Gasteiger partial charge < -0.3 is 11.1 Å². The van der Waals surface area contributed by atoms with Crippen LogP contribution in [0.4, 0.5) is 5.82 Å². The van der Waals surface area contributed by atoms with E-state index in [0.29, 0.717) is 0 Å². The first-order chi connectivity index (χ1) is 12.6. The van der Waals surface area contributed by atoms with Gasteiger partial charge in [-0.25, -0.2) is 21.5 Å². The summed E-state index contributed by atoms with van der Waals surface area (Å²) in [5, 5.41) is 6.17. The van der Waals surface area contributed by atoms with Crippen molar-refractivity contribution in [3.63, 3.8) is 0 Å². The maximum atomic E-state index is 12.6. The monoisotopic (exact) mass is 412 g/mol. The lowest BCUT2D eigenvalue weighted by Crippen LogP contribution is -2.25. The van der Waals surface area contributed by atoms with E-state index in [-0.39, 0.29) is 35.9 Å². The maximum Gasteiger partial charge on any atom is 0.258 e. The Kier molecular flexibility index (Phi) is 5.00. The van der Waals surface area contributed by atoms with Crippen LogP contribution in [0, 0.1) is 0 Å². The van der Waals surface area contributed by atoms with E-state index in [1.165, 1.54) is 0 Å². The zero-order chi connectivity index (χ0) is 19.8. The molecule has 27 heavy (non-hydrogen) atoms. The lowest BCUT2D eigenvalue weighted by Gasteiger charge is -2.11. The van der Waals surface area contributed by atoms with Crippen molar-refractivity contribution in [1.29, 1.82) is 0 Å². The quantitative estimate of drug-likeness (QED) is 0.712. The molecule has 1 fully saturated rings. The van der Waals surface area contributed by atoms with Crippen molar-refractivity contribution in [2.75, 3.05) is 23.5 Å². The second-order valence-corrected chi connectivity index (χ2v) is 10.7. The van der Waals surface area contributed by atoms with E-state index in [4.69, 9.17) is 5.73 Å². The van der Waals surface area contributed by atoms with E-state index in [0.717, 1.165) is 16.5 Å². The number of nitrogen functional groups attached to an aromatic ring is 1. The van der Waals surface area contributed by atoms with Crippen LogP contribution in [0.3, 0.4) is 0 Å². The van der Waals surface area contributed by atoms with Crippen LogP contribution in [0.5, 0.6) is 0 Å². The van der Waals surface area contributed by atoms with Gasteiger partial charge >= 0.3 is 0 Å². The Hall–Kier alpha value is -2.40. The van der Waals surface area contributed by atoms with Gasteiger partial charge in [0.05, 0.1) is 17.5 Å². The Bertz CT molecular complexity index is 1080. The van der Waals surface area contributed by atoms with Crippen LogP contribution in [0.25, 0.3) is 0 Å². The molecule has 1 saturated heterocycles. The number of hydrogen-bond donors (Lipinski definition) is 2. The van der Waals surface area contributed by atoms with E-state index >= 15 is 0 Å². The molecule has 2 aromatic rings. The van der Waals surface area contributed by atoms with E-state index in [1.54, 1.807) is 0 Å². The van der Waals surface area contributed by atoms with Crippen molar-refractivity contribution in [1.82, 2.24) is 15.1 Å². The first-order valence-corrected chi connectivity index (χ1v) is 11.9. The molecule has 1 aliphatic rings. The third-order valence-corrected chi connectivity index (χ3v) is 7.08. The summed E-state index contributed by atoms with van der Waals surface area (Å²) in [6.45, 7) is 0.186. The number of nitrogens with two attached hydrogens (primary N) is 1. The van der Waals surface area contributed by atoms with Crippen molar-refractivity contribution in [3.05, 3.63) is 41.5 Å². The Balaban J connectivity index is 1.94. The number of carbonyl (C=O) groups is 1. The van der Waals surface area contributed by atoms with Crippen LogP contribution in [0.1, 0.15) is 28.4 Å². The van der Waals surface area contributed by atoms with Crippen LogP contribution < -0.4 is 11.1 Å². The highest BCUT2D eigenvalue weighted by Crippen LogP contribution is 2.30. The number of aromatic nitrogens is 2. The summed E-state index contributed by atoms with van der Waals surface area (Å²) in [5.41, 5.74) is 6.60. The SMILES string of the molecule is CS(=O)(=O)c1nn(C2CCS(=O)(=O)C2)c(N)c1C(=O)NCc1ccccc1. The topological polar surface area (TPSA) is 141 Å². The number of nitrogens with one attached hydrogen (secondary N) is 1. The first kappa shape index (κ1) is 19.4. The van der Waals surface area contributed by atoms with Gasteiger partial charge in [0.25, 0.3) is 5.91 Å². The van der Waals surface area contributed by atoms with E-state index in [9.17, 15) is 21.6 Å². The molecule has 1 aromatic heterocycles. The summed E-state index contributed by atoms with van der Waals surface area (Å²) in [5.74, 6) is -1.04. The van der Waals surface area contributed by atoms with Gasteiger partial charge in [0, 0.05) is 12.8 Å². The summed E-state index contributed by atoms with van der Waals surface area (Å²) in [6, 6.07) is 8.51. The van der Waals surface area contributed by atoms with E-state index in [2.05, 4.69) is 10.4 Å². The molecular formula is C16H20N4O5S2. The lowest BCUT2D eigenvalue weighted by molar-refractivity contribution is 0.0948. The van der Waals surface area contributed by atoms with Crippen molar-refractivity contribution >= 4 is 31.4 Å². The largest absolute Gasteiger partial charge is 0.383 e. The lowest BCUT2D eigenvalue weighted by atomic mass is 10.2. The number of rotatable bonds is 5. The molecule has 3 N–H and O–H groups in total. The average Bonchev–Trinajstić information content (AvgIpc) is 3.13. The normalized spacial score (nSPS) is 19.1. The van der Waals surface area contributed by atoms with Crippen LogP contribution in [-0.2, 0) is 26.2 Å². The Labute approximate surface area is 157 Å². The van der Waals surface area contributed by atoms with E-state index < -0.39 is 36.6 Å². The maximum absolute atomic E-state index is 12.6. The predicted molar refractivity (Wildman–Crippen MR) is 99.7 cm³/mol. The van der Waals surface area contributed by atoms with Gasteiger partial charge in [-0.2, -0.15) is 5.10 Å². The molecule has 1 amide bonds. The number of anilines is 1. The average molecular weight is 412 g/mol. The summed E-state index contributed by atoms with van der Waals surface area (Å²) >= 11 is 0. The zero-order valence-corrected chi connectivity index (χ0v) is 16.3. The van der Waals surface area contributed by atoms with E-state index in [1.807, 2.05) is 30.3 Å². The molecular weight excluding hydrogens is 392 g/mol. The highest BCUT2D eigenvalue weighted by molar-refractivity contribution is 7.91. The molecule has 1 aliphatic heterocycles. The molecule has 1 aromatic carbocycles. The number of carbonyl (C=O) groups excluding carboxylic acids is 1. The van der Waals surface area contributed by atoms with Crippen LogP contribution in [-0.4, -0.2) is 50.3 Å². The Morgan fingerprint density at radius 2 is 2.00 bits per heavy atom. The molecule has 11 heteroatoms. The fourth-order valence-electron chi connectivity index (χ4n) is 3.01. The molecule has 0 radical (unpaired) electrons. The summed E-state index contributed by atoms with van der Waals surface area (Å²) in [7, 11) is -7.08. The van der Waals surface area contributed by atoms with Crippen LogP contribution >= 0.6 is 0 Å². The molecule has 9 nitrogen and oxygen atoms in total. The fourth-order valence-corrected chi connectivity index (χ4v) is 5.51. The highest BCUT2D eigenvalue weighted by atomic mass is 32.2. The second kappa shape index (κ2) is 6.97. The van der Waals surface area contributed by atoms with Crippen LogP contribution in [0.2, 0.25) is 0 Å². The molecule has 2 heterocycles. The van der Waals surface area contributed by atoms with Gasteiger partial charge in [-0.1, -0.05) is 30.3 Å². The van der Waals surface area contributed by atoms with Crippen LogP contribution in [0.15, 0.2) is 35.4 Å². The van der Waals surface area contributed by atoms with Crippen molar-refractivity contribution in [2.45, 2.75) is 24.0 Å². The second-order valence-electron chi connectivity index (χ2n) is 6.51. The summed E-state index contributed by atoms with van der Waals surface area (Å²) < 4.78 is 48.8. The zero-order valence-electron chi connectivity index (χ0n) is 14.6. The number of hydrogen-bond acceptors (Lipinski definition) is 7. The highest BCUT2D eigenvalue weighted by Gasteiger charge is 2.35. The molecule has 0 spiro atoms. The Morgan fingerprint density at radius 3 is 2.56 bits per heavy atom. The molecule has 146 valence electrons. The third-order valence-electron chi connectivity index (χ3n) is 4.34. The summed E-state index contributed by atoms with van der Waals surface area (Å²) in [4.78, 5) is 12.6. The van der Waals surface area contributed by atoms with Gasteiger partial charge in [0.15, 0.2) is 24.7 Å². The predicted octanol–water partition coefficient (Wildman–Crippen LogP) is 0.158. The minimum Gasteiger partial charge on any atom is -0.383 e. The van der Waals surface area contributed by atoms with Gasteiger partial charge in [0.2, 0.25) is 0 Å².